The van der Waals surface area contributed by atoms with E-state index < -0.39 is 0 Å². The molecule has 10 heavy (non-hydrogen) atoms. The van der Waals surface area contributed by atoms with E-state index >= 15 is 0 Å². The molecule has 0 atom stereocenters. The van der Waals surface area contributed by atoms with Crippen LogP contribution in [0.4, 0.5) is 0 Å². The highest BCUT2D eigenvalue weighted by atomic mass is 16.1. The number of amides is 1. The maximum Gasteiger partial charge on any atom is 0.220 e. The third-order valence-corrected chi connectivity index (χ3v) is 0.686. The van der Waals surface area contributed by atoms with E-state index in [0.717, 1.165) is 0 Å². The molecule has 0 spiro atoms. The van der Waals surface area contributed by atoms with E-state index in [1.54, 1.807) is 13.0 Å². The van der Waals surface area contributed by atoms with Gasteiger partial charge in [-0.25, -0.2) is 0 Å². The van der Waals surface area contributed by atoms with Crippen molar-refractivity contribution in [1.82, 2.24) is 5.32 Å². The van der Waals surface area contributed by atoms with Gasteiger partial charge < -0.3 is 5.32 Å². The van der Waals surface area contributed by atoms with Crippen molar-refractivity contribution >= 4 is 5.91 Å². The zero-order chi connectivity index (χ0) is 8.41. The van der Waals surface area contributed by atoms with Crippen LogP contribution in [0.2, 0.25) is 0 Å². The smallest absolute Gasteiger partial charge is 0.220 e. The van der Waals surface area contributed by atoms with E-state index in [1.807, 2.05) is 13.8 Å². The Morgan fingerprint density at radius 1 is 1.60 bits per heavy atom. The summed E-state index contributed by atoms with van der Waals surface area (Å²) in [6, 6.07) is 1.80. The van der Waals surface area contributed by atoms with Gasteiger partial charge in [0.05, 0.1) is 6.07 Å². The van der Waals surface area contributed by atoms with Gasteiger partial charge in [0.25, 0.3) is 0 Å². The number of hydrogen-bond acceptors (Lipinski definition) is 2. The molecule has 0 aliphatic rings. The van der Waals surface area contributed by atoms with Gasteiger partial charge >= 0.3 is 0 Å². The summed E-state index contributed by atoms with van der Waals surface area (Å²) >= 11 is 0. The van der Waals surface area contributed by atoms with Crippen LogP contribution < -0.4 is 5.32 Å². The fourth-order valence-corrected chi connectivity index (χ4v) is 0.263. The number of carbonyl (C=O) groups is 1. The zero-order valence-corrected chi connectivity index (χ0v) is 6.77. The molecule has 0 aliphatic carbocycles. The lowest BCUT2D eigenvalue weighted by atomic mass is 10.4. The number of nitrogens with one attached hydrogen (secondary N) is 1. The highest BCUT2D eigenvalue weighted by Crippen LogP contribution is 1.71. The summed E-state index contributed by atoms with van der Waals surface area (Å²) in [5.74, 6) is -0.0773. The van der Waals surface area contributed by atoms with Gasteiger partial charge in [0.1, 0.15) is 6.54 Å². The minimum absolute atomic E-state index is 0.0773. The first-order valence-corrected chi connectivity index (χ1v) is 3.45. The fraction of sp³-hybridized carbons (Fsp3) is 0.714. The fourth-order valence-electron chi connectivity index (χ4n) is 0.263. The highest BCUT2D eigenvalue weighted by Gasteiger charge is 1.90. The molecule has 58 valence electrons. The van der Waals surface area contributed by atoms with Crippen molar-refractivity contribution in [3.05, 3.63) is 0 Å². The molecule has 0 aromatic rings. The standard InChI is InChI=1S/C5H8N2O.C2H6/c1-2-5(8)7-4-3-6;1-2/h2,4H2,1H3,(H,7,8);1-2H3. The summed E-state index contributed by atoms with van der Waals surface area (Å²) in [5, 5.41) is 10.3. The number of nitriles is 1. The number of carbonyl (C=O) groups excluding carboxylic acids is 1. The van der Waals surface area contributed by atoms with E-state index in [9.17, 15) is 4.79 Å². The molecule has 0 aromatic heterocycles. The Kier molecular flexibility index (Phi) is 12.7. The van der Waals surface area contributed by atoms with Gasteiger partial charge in [-0.2, -0.15) is 5.26 Å². The van der Waals surface area contributed by atoms with Crippen molar-refractivity contribution in [1.29, 1.82) is 5.26 Å². The number of rotatable bonds is 2. The highest BCUT2D eigenvalue weighted by molar-refractivity contribution is 5.75. The quantitative estimate of drug-likeness (QED) is 0.586. The van der Waals surface area contributed by atoms with Gasteiger partial charge in [-0.1, -0.05) is 20.8 Å². The topological polar surface area (TPSA) is 52.9 Å². The maximum absolute atomic E-state index is 10.3. The number of hydrogen-bond donors (Lipinski definition) is 1. The average Bonchev–Trinajstić information content (AvgIpc) is 2.04. The molecule has 0 aromatic carbocycles. The first-order chi connectivity index (χ1) is 4.81. The first kappa shape index (κ1) is 11.7. The minimum Gasteiger partial charge on any atom is -0.343 e. The average molecular weight is 142 g/mol. The van der Waals surface area contributed by atoms with Crippen LogP contribution in [0.1, 0.15) is 27.2 Å². The predicted octanol–water partition coefficient (Wildman–Crippen LogP) is 1.06. The largest absolute Gasteiger partial charge is 0.343 e. The second-order valence-corrected chi connectivity index (χ2v) is 1.29. The van der Waals surface area contributed by atoms with Gasteiger partial charge in [0.15, 0.2) is 0 Å². The minimum atomic E-state index is -0.0773. The maximum atomic E-state index is 10.3. The molecule has 1 N–H and O–H groups in total. The van der Waals surface area contributed by atoms with Gasteiger partial charge in [-0.15, -0.1) is 0 Å². The van der Waals surface area contributed by atoms with Crippen LogP contribution in [0.3, 0.4) is 0 Å². The van der Waals surface area contributed by atoms with E-state index in [0.29, 0.717) is 6.42 Å². The van der Waals surface area contributed by atoms with E-state index in [2.05, 4.69) is 5.32 Å². The molecule has 1 amide bonds. The molecule has 3 nitrogen and oxygen atoms in total. The summed E-state index contributed by atoms with van der Waals surface area (Å²) in [5.41, 5.74) is 0. The van der Waals surface area contributed by atoms with Gasteiger partial charge in [-0.3, -0.25) is 4.79 Å². The summed E-state index contributed by atoms with van der Waals surface area (Å²) in [6.07, 6.45) is 0.446. The number of nitrogens with zero attached hydrogens (tertiary/aromatic N) is 1. The summed E-state index contributed by atoms with van der Waals surface area (Å²) in [7, 11) is 0. The van der Waals surface area contributed by atoms with Gasteiger partial charge in [0.2, 0.25) is 5.91 Å². The van der Waals surface area contributed by atoms with Crippen molar-refractivity contribution in [2.45, 2.75) is 27.2 Å². The van der Waals surface area contributed by atoms with Crippen LogP contribution in [0.25, 0.3) is 0 Å². The van der Waals surface area contributed by atoms with Crippen molar-refractivity contribution in [3.63, 3.8) is 0 Å². The van der Waals surface area contributed by atoms with Crippen LogP contribution in [0.5, 0.6) is 0 Å². The van der Waals surface area contributed by atoms with Crippen LogP contribution in [0.15, 0.2) is 0 Å². The second-order valence-electron chi connectivity index (χ2n) is 1.29. The van der Waals surface area contributed by atoms with E-state index in [1.165, 1.54) is 0 Å². The lowest BCUT2D eigenvalue weighted by molar-refractivity contribution is -0.120. The SMILES string of the molecule is CC.CCC(=O)NCC#N. The molecule has 0 rings (SSSR count). The van der Waals surface area contributed by atoms with Crippen LogP contribution >= 0.6 is 0 Å². The van der Waals surface area contributed by atoms with Crippen molar-refractivity contribution < 1.29 is 4.79 Å². The van der Waals surface area contributed by atoms with Crippen molar-refractivity contribution in [2.75, 3.05) is 6.54 Å². The molecule has 0 aliphatic heterocycles. The Bertz CT molecular complexity index is 115. The Morgan fingerprint density at radius 2 is 2.10 bits per heavy atom. The molecule has 3 heteroatoms. The molecular weight excluding hydrogens is 128 g/mol. The Balaban J connectivity index is 0. The Labute approximate surface area is 62.0 Å². The molecule has 0 unspecified atom stereocenters. The predicted molar refractivity (Wildman–Crippen MR) is 40.3 cm³/mol. The third kappa shape index (κ3) is 10.0. The van der Waals surface area contributed by atoms with Crippen LogP contribution in [0, 0.1) is 11.3 Å². The van der Waals surface area contributed by atoms with Crippen LogP contribution in [-0.4, -0.2) is 12.5 Å². The molecule has 0 radical (unpaired) electrons. The van der Waals surface area contributed by atoms with Crippen molar-refractivity contribution in [2.24, 2.45) is 0 Å². The normalized spacial score (nSPS) is 6.60. The van der Waals surface area contributed by atoms with Gasteiger partial charge in [0, 0.05) is 6.42 Å². The first-order valence-electron chi connectivity index (χ1n) is 3.45. The summed E-state index contributed by atoms with van der Waals surface area (Å²) < 4.78 is 0. The van der Waals surface area contributed by atoms with Crippen LogP contribution in [-0.2, 0) is 4.79 Å². The molecule has 0 saturated carbocycles. The lowest BCUT2D eigenvalue weighted by Crippen LogP contribution is -2.21. The summed E-state index contributed by atoms with van der Waals surface area (Å²) in [4.78, 5) is 10.3. The molecular formula is C7H14N2O. The lowest BCUT2D eigenvalue weighted by Gasteiger charge is -1.92. The monoisotopic (exact) mass is 142 g/mol. The Hall–Kier alpha value is -1.04. The molecule has 0 heterocycles. The van der Waals surface area contributed by atoms with E-state index in [4.69, 9.17) is 5.26 Å². The second kappa shape index (κ2) is 10.9. The van der Waals surface area contributed by atoms with Gasteiger partial charge in [-0.05, 0) is 0 Å². The molecule has 0 fully saturated rings. The van der Waals surface area contributed by atoms with Crippen molar-refractivity contribution in [3.8, 4) is 6.07 Å². The summed E-state index contributed by atoms with van der Waals surface area (Å²) in [6.45, 7) is 5.86. The molecule has 0 bridgehead atoms. The zero-order valence-electron chi connectivity index (χ0n) is 6.77. The molecule has 0 saturated heterocycles. The Morgan fingerprint density at radius 3 is 2.40 bits per heavy atom. The van der Waals surface area contributed by atoms with E-state index in [-0.39, 0.29) is 12.5 Å². The third-order valence-electron chi connectivity index (χ3n) is 0.686.